The molecule has 0 radical (unpaired) electrons. The largest absolute Gasteiger partial charge is 0.490 e. The van der Waals surface area contributed by atoms with Gasteiger partial charge in [-0.1, -0.05) is 0 Å². The average Bonchev–Trinajstić information content (AvgIpc) is 2.60. The molecule has 0 aliphatic heterocycles. The van der Waals surface area contributed by atoms with Gasteiger partial charge in [0.25, 0.3) is 0 Å². The standard InChI is InChI=1S/C12H12FNO3/c1-6(2)17-11-4-7(13)3-9-8(11)5-10(14-9)12(15)16/h3-6,14H,1-2H3,(H,15,16). The lowest BCUT2D eigenvalue weighted by Gasteiger charge is -2.10. The van der Waals surface area contributed by atoms with Gasteiger partial charge in [0.05, 0.1) is 11.6 Å². The van der Waals surface area contributed by atoms with E-state index in [1.807, 2.05) is 13.8 Å². The van der Waals surface area contributed by atoms with Gasteiger partial charge in [0, 0.05) is 11.5 Å². The van der Waals surface area contributed by atoms with E-state index in [1.54, 1.807) is 0 Å². The maximum atomic E-state index is 13.3. The van der Waals surface area contributed by atoms with Crippen LogP contribution in [-0.4, -0.2) is 22.2 Å². The monoisotopic (exact) mass is 237 g/mol. The van der Waals surface area contributed by atoms with Crippen LogP contribution in [0.1, 0.15) is 24.3 Å². The number of aromatic carboxylic acids is 1. The van der Waals surface area contributed by atoms with Crippen LogP contribution in [0.3, 0.4) is 0 Å². The number of H-pyrrole nitrogens is 1. The lowest BCUT2D eigenvalue weighted by Crippen LogP contribution is -2.05. The quantitative estimate of drug-likeness (QED) is 0.862. The number of aromatic amines is 1. The summed E-state index contributed by atoms with van der Waals surface area (Å²) in [7, 11) is 0. The van der Waals surface area contributed by atoms with Crippen molar-refractivity contribution in [1.29, 1.82) is 0 Å². The molecular weight excluding hydrogens is 225 g/mol. The molecule has 0 bridgehead atoms. The van der Waals surface area contributed by atoms with E-state index in [0.29, 0.717) is 16.7 Å². The first-order valence-corrected chi connectivity index (χ1v) is 5.19. The second-order valence-electron chi connectivity index (χ2n) is 4.02. The molecular formula is C12H12FNO3. The topological polar surface area (TPSA) is 62.3 Å². The van der Waals surface area contributed by atoms with Crippen LogP contribution in [0.2, 0.25) is 0 Å². The zero-order chi connectivity index (χ0) is 12.6. The van der Waals surface area contributed by atoms with Crippen molar-refractivity contribution in [2.24, 2.45) is 0 Å². The Morgan fingerprint density at radius 3 is 2.71 bits per heavy atom. The van der Waals surface area contributed by atoms with Crippen molar-refractivity contribution in [3.05, 3.63) is 29.7 Å². The molecule has 0 aliphatic rings. The Balaban J connectivity index is 2.61. The highest BCUT2D eigenvalue weighted by Crippen LogP contribution is 2.28. The highest BCUT2D eigenvalue weighted by molar-refractivity contribution is 5.96. The third-order valence-corrected chi connectivity index (χ3v) is 2.26. The number of ether oxygens (including phenoxy) is 1. The van der Waals surface area contributed by atoms with E-state index in [4.69, 9.17) is 9.84 Å². The molecule has 0 atom stereocenters. The van der Waals surface area contributed by atoms with Crippen molar-refractivity contribution in [3.8, 4) is 5.75 Å². The minimum atomic E-state index is -1.09. The maximum Gasteiger partial charge on any atom is 0.352 e. The summed E-state index contributed by atoms with van der Waals surface area (Å²) < 4.78 is 18.8. The molecule has 90 valence electrons. The predicted octanol–water partition coefficient (Wildman–Crippen LogP) is 2.79. The van der Waals surface area contributed by atoms with Crippen molar-refractivity contribution in [2.45, 2.75) is 20.0 Å². The Labute approximate surface area is 97.0 Å². The van der Waals surface area contributed by atoms with Gasteiger partial charge in [-0.15, -0.1) is 0 Å². The average molecular weight is 237 g/mol. The Morgan fingerprint density at radius 1 is 1.41 bits per heavy atom. The van der Waals surface area contributed by atoms with Crippen molar-refractivity contribution in [3.63, 3.8) is 0 Å². The molecule has 0 unspecified atom stereocenters. The zero-order valence-electron chi connectivity index (χ0n) is 9.45. The van der Waals surface area contributed by atoms with E-state index < -0.39 is 11.8 Å². The summed E-state index contributed by atoms with van der Waals surface area (Å²) >= 11 is 0. The van der Waals surface area contributed by atoms with Crippen LogP contribution in [0.15, 0.2) is 18.2 Å². The van der Waals surface area contributed by atoms with Crippen LogP contribution in [-0.2, 0) is 0 Å². The molecule has 0 saturated heterocycles. The summed E-state index contributed by atoms with van der Waals surface area (Å²) in [4.78, 5) is 13.5. The Morgan fingerprint density at radius 2 is 2.12 bits per heavy atom. The molecule has 5 heteroatoms. The molecule has 1 aromatic carbocycles. The van der Waals surface area contributed by atoms with Gasteiger partial charge in [0.15, 0.2) is 0 Å². The van der Waals surface area contributed by atoms with E-state index in [-0.39, 0.29) is 11.8 Å². The van der Waals surface area contributed by atoms with Gasteiger partial charge in [0.2, 0.25) is 0 Å². The fourth-order valence-corrected chi connectivity index (χ4v) is 1.64. The first kappa shape index (κ1) is 11.4. The van der Waals surface area contributed by atoms with Crippen LogP contribution in [0.4, 0.5) is 4.39 Å². The Kier molecular flexibility index (Phi) is 2.75. The van der Waals surface area contributed by atoms with Gasteiger partial charge in [-0.25, -0.2) is 9.18 Å². The van der Waals surface area contributed by atoms with Crippen LogP contribution >= 0.6 is 0 Å². The molecule has 0 fully saturated rings. The third-order valence-electron chi connectivity index (χ3n) is 2.26. The number of nitrogens with one attached hydrogen (secondary N) is 1. The molecule has 0 spiro atoms. The maximum absolute atomic E-state index is 13.3. The van der Waals surface area contributed by atoms with Crippen LogP contribution < -0.4 is 4.74 Å². The van der Waals surface area contributed by atoms with Gasteiger partial charge in [0.1, 0.15) is 17.3 Å². The van der Waals surface area contributed by atoms with Crippen molar-refractivity contribution in [2.75, 3.05) is 0 Å². The molecule has 2 rings (SSSR count). The first-order valence-electron chi connectivity index (χ1n) is 5.19. The second-order valence-corrected chi connectivity index (χ2v) is 4.02. The van der Waals surface area contributed by atoms with E-state index in [1.165, 1.54) is 18.2 Å². The number of carboxylic acid groups (broad SMARTS) is 1. The molecule has 2 aromatic rings. The van der Waals surface area contributed by atoms with E-state index in [2.05, 4.69) is 4.98 Å². The van der Waals surface area contributed by atoms with E-state index in [0.717, 1.165) is 0 Å². The van der Waals surface area contributed by atoms with Crippen molar-refractivity contribution < 1.29 is 19.0 Å². The number of carbonyl (C=O) groups is 1. The highest BCUT2D eigenvalue weighted by atomic mass is 19.1. The highest BCUT2D eigenvalue weighted by Gasteiger charge is 2.13. The zero-order valence-corrected chi connectivity index (χ0v) is 9.45. The normalized spacial score (nSPS) is 11.1. The number of hydrogen-bond donors (Lipinski definition) is 2. The molecule has 1 heterocycles. The summed E-state index contributed by atoms with van der Waals surface area (Å²) in [5.41, 5.74) is 0.428. The fourth-order valence-electron chi connectivity index (χ4n) is 1.64. The van der Waals surface area contributed by atoms with Crippen LogP contribution in [0, 0.1) is 5.82 Å². The summed E-state index contributed by atoms with van der Waals surface area (Å²) in [5, 5.41) is 9.43. The number of carboxylic acids is 1. The number of benzene rings is 1. The lowest BCUT2D eigenvalue weighted by atomic mass is 10.2. The summed E-state index contributed by atoms with van der Waals surface area (Å²) in [6.45, 7) is 3.64. The molecule has 0 amide bonds. The van der Waals surface area contributed by atoms with Crippen LogP contribution in [0.5, 0.6) is 5.75 Å². The molecule has 17 heavy (non-hydrogen) atoms. The van der Waals surface area contributed by atoms with Crippen LogP contribution in [0.25, 0.3) is 10.9 Å². The molecule has 4 nitrogen and oxygen atoms in total. The Hall–Kier alpha value is -2.04. The predicted molar refractivity (Wildman–Crippen MR) is 61.0 cm³/mol. The SMILES string of the molecule is CC(C)Oc1cc(F)cc2[nH]c(C(=O)O)cc12. The summed E-state index contributed by atoms with van der Waals surface area (Å²) in [6, 6.07) is 3.94. The number of fused-ring (bicyclic) bond motifs is 1. The molecule has 0 aliphatic carbocycles. The minimum Gasteiger partial charge on any atom is -0.490 e. The smallest absolute Gasteiger partial charge is 0.352 e. The fraction of sp³-hybridized carbons (Fsp3) is 0.250. The van der Waals surface area contributed by atoms with Gasteiger partial charge < -0.3 is 14.8 Å². The van der Waals surface area contributed by atoms with E-state index in [9.17, 15) is 9.18 Å². The Bertz CT molecular complexity index is 574. The number of halogens is 1. The molecule has 2 N–H and O–H groups in total. The molecule has 0 saturated carbocycles. The van der Waals surface area contributed by atoms with Crippen molar-refractivity contribution >= 4 is 16.9 Å². The van der Waals surface area contributed by atoms with Gasteiger partial charge in [-0.2, -0.15) is 0 Å². The van der Waals surface area contributed by atoms with Gasteiger partial charge in [-0.05, 0) is 26.0 Å². The van der Waals surface area contributed by atoms with Gasteiger partial charge in [-0.3, -0.25) is 0 Å². The van der Waals surface area contributed by atoms with Gasteiger partial charge >= 0.3 is 5.97 Å². The summed E-state index contributed by atoms with van der Waals surface area (Å²) in [5.74, 6) is -1.21. The second kappa shape index (κ2) is 4.08. The third kappa shape index (κ3) is 2.22. The minimum absolute atomic E-state index is 0.0132. The first-order chi connectivity index (χ1) is 7.97. The van der Waals surface area contributed by atoms with E-state index >= 15 is 0 Å². The molecule has 1 aromatic heterocycles. The van der Waals surface area contributed by atoms with Crippen molar-refractivity contribution in [1.82, 2.24) is 4.98 Å². The number of hydrogen-bond acceptors (Lipinski definition) is 2. The number of rotatable bonds is 3. The summed E-state index contributed by atoms with van der Waals surface area (Å²) in [6.07, 6.45) is -0.108. The number of aromatic nitrogens is 1. The lowest BCUT2D eigenvalue weighted by molar-refractivity contribution is 0.0691.